The number of aliphatic carboxylic acids is 1. The van der Waals surface area contributed by atoms with E-state index >= 15 is 0 Å². The molecule has 0 aromatic rings. The van der Waals surface area contributed by atoms with Gasteiger partial charge in [-0.1, -0.05) is 39.2 Å². The van der Waals surface area contributed by atoms with Crippen LogP contribution in [0.5, 0.6) is 0 Å². The van der Waals surface area contributed by atoms with Gasteiger partial charge in [0.15, 0.2) is 5.78 Å². The largest absolute Gasteiger partial charge is 0.616 e. The van der Waals surface area contributed by atoms with Crippen LogP contribution in [0.1, 0.15) is 98.3 Å². The summed E-state index contributed by atoms with van der Waals surface area (Å²) in [5.41, 5.74) is -0.715. The minimum Gasteiger partial charge on any atom is -0.616 e. The number of carbonyl (C=O) groups excluding carboxylic acids is 1. The number of ketones is 1. The lowest BCUT2D eigenvalue weighted by atomic mass is 9.87. The molecule has 2 rings (SSSR count). The second-order valence-corrected chi connectivity index (χ2v) is 14.7. The van der Waals surface area contributed by atoms with Crippen LogP contribution in [0.4, 0.5) is 0 Å². The summed E-state index contributed by atoms with van der Waals surface area (Å²) in [5, 5.41) is 19.1. The maximum Gasteiger partial charge on any atom is 0.309 e. The summed E-state index contributed by atoms with van der Waals surface area (Å²) in [6.07, 6.45) is 14.0. The number of hydrogen-bond donors (Lipinski definition) is 2. The molecule has 2 heterocycles. The fourth-order valence-electron chi connectivity index (χ4n) is 4.58. The lowest BCUT2D eigenvalue weighted by molar-refractivity contribution is -0.147. The van der Waals surface area contributed by atoms with Crippen molar-refractivity contribution in [3.63, 3.8) is 0 Å². The van der Waals surface area contributed by atoms with Crippen molar-refractivity contribution < 1.29 is 24.4 Å². The molecular weight excluding hydrogens is 456 g/mol. The molecule has 0 saturated carbocycles. The van der Waals surface area contributed by atoms with E-state index in [1.807, 2.05) is 12.2 Å². The molecule has 0 aromatic heterocycles. The number of thioether (sulfide) groups is 1. The maximum atomic E-state index is 12.9. The van der Waals surface area contributed by atoms with Crippen molar-refractivity contribution in [2.24, 2.45) is 10.8 Å². The first-order chi connectivity index (χ1) is 15.4. The first-order valence-electron chi connectivity index (χ1n) is 12.6. The summed E-state index contributed by atoms with van der Waals surface area (Å²) in [5.74, 6) is -0.470. The molecule has 0 amide bonds. The number of Topliss-reactive ketones (excluding diaryl/α,β-unsaturated/α-hetero) is 1. The third kappa shape index (κ3) is 9.23. The van der Waals surface area contributed by atoms with Gasteiger partial charge in [0.1, 0.15) is 10.5 Å². The van der Waals surface area contributed by atoms with Gasteiger partial charge in [0.25, 0.3) is 0 Å². The van der Waals surface area contributed by atoms with Crippen molar-refractivity contribution in [2.45, 2.75) is 119 Å². The monoisotopic (exact) mass is 500 g/mol. The van der Waals surface area contributed by atoms with E-state index in [0.717, 1.165) is 57.8 Å². The van der Waals surface area contributed by atoms with Gasteiger partial charge in [0, 0.05) is 24.7 Å². The topological polar surface area (TPSA) is 97.7 Å². The first kappa shape index (κ1) is 28.7. The third-order valence-electron chi connectivity index (χ3n) is 7.20. The van der Waals surface area contributed by atoms with Gasteiger partial charge in [-0.15, -0.1) is 11.8 Å². The zero-order valence-electron chi connectivity index (χ0n) is 20.9. The zero-order valence-corrected chi connectivity index (χ0v) is 22.5. The Morgan fingerprint density at radius 3 is 2.42 bits per heavy atom. The van der Waals surface area contributed by atoms with Crippen LogP contribution in [-0.2, 0) is 20.8 Å². The van der Waals surface area contributed by atoms with Gasteiger partial charge in [-0.3, -0.25) is 9.59 Å². The Balaban J connectivity index is 1.69. The Labute approximate surface area is 207 Å². The molecule has 2 saturated heterocycles. The normalized spacial score (nSPS) is 28.8. The second-order valence-electron chi connectivity index (χ2n) is 11.3. The maximum absolute atomic E-state index is 12.9. The standard InChI is InChI=1S/C26H44O5S2/c1-25(2,18-27)15-7-5-9-19-17-22(28)23(32-19)14-13-21-12-11-20(33(21)31)10-6-8-16-26(3,4)24(29)30/h13-14,19-21,23,27H,5-12,15-18H2,1-4H3,(H,29,30). The van der Waals surface area contributed by atoms with Gasteiger partial charge >= 0.3 is 5.97 Å². The summed E-state index contributed by atoms with van der Waals surface area (Å²) < 4.78 is 12.9. The van der Waals surface area contributed by atoms with E-state index < -0.39 is 22.6 Å². The summed E-state index contributed by atoms with van der Waals surface area (Å²) in [6, 6.07) is 0. The minimum absolute atomic E-state index is 0.0201. The van der Waals surface area contributed by atoms with E-state index in [1.165, 1.54) is 0 Å². The molecule has 2 aliphatic heterocycles. The average Bonchev–Trinajstić information content (AvgIpc) is 3.28. The number of unbranched alkanes of at least 4 members (excludes halogenated alkanes) is 2. The van der Waals surface area contributed by atoms with Gasteiger partial charge in [0.05, 0.1) is 10.7 Å². The van der Waals surface area contributed by atoms with E-state index in [2.05, 4.69) is 13.8 Å². The highest BCUT2D eigenvalue weighted by molar-refractivity contribution is 8.01. The van der Waals surface area contributed by atoms with Gasteiger partial charge in [-0.05, 0) is 75.0 Å². The molecule has 0 aromatic carbocycles. The summed E-state index contributed by atoms with van der Waals surface area (Å²) >= 11 is 0.845. The van der Waals surface area contributed by atoms with Crippen LogP contribution in [0.2, 0.25) is 0 Å². The highest BCUT2D eigenvalue weighted by Gasteiger charge is 2.38. The molecule has 0 aliphatic carbocycles. The minimum atomic E-state index is -0.912. The van der Waals surface area contributed by atoms with Crippen LogP contribution >= 0.6 is 11.8 Å². The van der Waals surface area contributed by atoms with Crippen LogP contribution in [0.25, 0.3) is 0 Å². The Bertz CT molecular complexity index is 676. The summed E-state index contributed by atoms with van der Waals surface area (Å²) in [6.45, 7) is 7.89. The fourth-order valence-corrected chi connectivity index (χ4v) is 7.87. The Hall–Kier alpha value is -0.500. The molecule has 2 aliphatic rings. The van der Waals surface area contributed by atoms with E-state index in [-0.39, 0.29) is 27.8 Å². The number of aliphatic hydroxyl groups excluding tert-OH is 1. The lowest BCUT2D eigenvalue weighted by Gasteiger charge is -2.21. The molecule has 5 atom stereocenters. The quantitative estimate of drug-likeness (QED) is 0.185. The highest BCUT2D eigenvalue weighted by atomic mass is 32.2. The number of hydrogen-bond acceptors (Lipinski definition) is 5. The molecule has 0 bridgehead atoms. The van der Waals surface area contributed by atoms with Gasteiger partial charge in [-0.25, -0.2) is 0 Å². The third-order valence-corrected chi connectivity index (χ3v) is 10.8. The van der Waals surface area contributed by atoms with Crippen LogP contribution in [0.15, 0.2) is 12.2 Å². The highest BCUT2D eigenvalue weighted by Crippen LogP contribution is 2.37. The number of carboxylic acids is 1. The molecule has 33 heavy (non-hydrogen) atoms. The molecule has 5 unspecified atom stereocenters. The van der Waals surface area contributed by atoms with Crippen LogP contribution < -0.4 is 0 Å². The van der Waals surface area contributed by atoms with E-state index in [1.54, 1.807) is 25.6 Å². The fraction of sp³-hybridized carbons (Fsp3) is 0.846. The SMILES string of the molecule is CC(C)(CO)CCCCC1CC(=O)C(C=CC2CCC(CCCCC(C)(C)C(=O)O)[S+]2[O-])S1. The average molecular weight is 501 g/mol. The van der Waals surface area contributed by atoms with Crippen molar-refractivity contribution in [2.75, 3.05) is 6.61 Å². The second kappa shape index (κ2) is 13.0. The van der Waals surface area contributed by atoms with Gasteiger partial charge in [-0.2, -0.15) is 0 Å². The molecule has 2 N–H and O–H groups in total. The van der Waals surface area contributed by atoms with Crippen molar-refractivity contribution in [1.82, 2.24) is 0 Å². The van der Waals surface area contributed by atoms with Crippen LogP contribution in [0, 0.1) is 10.8 Å². The van der Waals surface area contributed by atoms with E-state index in [9.17, 15) is 24.4 Å². The summed E-state index contributed by atoms with van der Waals surface area (Å²) in [4.78, 5) is 23.7. The predicted molar refractivity (Wildman–Crippen MR) is 138 cm³/mol. The molecule has 5 nitrogen and oxygen atoms in total. The van der Waals surface area contributed by atoms with Crippen LogP contribution in [-0.4, -0.2) is 54.1 Å². The predicted octanol–water partition coefficient (Wildman–Crippen LogP) is 5.52. The molecule has 2 fully saturated rings. The molecule has 7 heteroatoms. The van der Waals surface area contributed by atoms with Crippen molar-refractivity contribution >= 4 is 34.7 Å². The number of rotatable bonds is 14. The van der Waals surface area contributed by atoms with E-state index in [0.29, 0.717) is 23.9 Å². The number of carbonyl (C=O) groups is 2. The van der Waals surface area contributed by atoms with Gasteiger partial charge in [0.2, 0.25) is 0 Å². The molecule has 0 radical (unpaired) electrons. The van der Waals surface area contributed by atoms with Crippen LogP contribution in [0.3, 0.4) is 0 Å². The van der Waals surface area contributed by atoms with Crippen molar-refractivity contribution in [1.29, 1.82) is 0 Å². The summed E-state index contributed by atoms with van der Waals surface area (Å²) in [7, 11) is 0. The Kier molecular flexibility index (Phi) is 11.3. The zero-order chi connectivity index (χ0) is 24.6. The first-order valence-corrected chi connectivity index (χ1v) is 14.8. The van der Waals surface area contributed by atoms with E-state index in [4.69, 9.17) is 0 Å². The Morgan fingerprint density at radius 2 is 1.76 bits per heavy atom. The number of aliphatic hydroxyl groups is 1. The number of carboxylic acid groups (broad SMARTS) is 1. The van der Waals surface area contributed by atoms with Crippen molar-refractivity contribution in [3.05, 3.63) is 12.2 Å². The molecular formula is C26H44O5S2. The van der Waals surface area contributed by atoms with Crippen molar-refractivity contribution in [3.8, 4) is 0 Å². The smallest absolute Gasteiger partial charge is 0.309 e. The van der Waals surface area contributed by atoms with Gasteiger partial charge < -0.3 is 14.8 Å². The lowest BCUT2D eigenvalue weighted by Crippen LogP contribution is -2.24. The molecule has 0 spiro atoms. The Morgan fingerprint density at radius 1 is 1.09 bits per heavy atom. The molecule has 190 valence electrons.